The second-order valence-electron chi connectivity index (χ2n) is 7.17. The molecule has 0 saturated heterocycles. The van der Waals surface area contributed by atoms with Crippen molar-refractivity contribution < 1.29 is 8.42 Å². The summed E-state index contributed by atoms with van der Waals surface area (Å²) < 4.78 is 23.9. The first-order valence-corrected chi connectivity index (χ1v) is 10.8. The van der Waals surface area contributed by atoms with Crippen LogP contribution in [0, 0.1) is 13.8 Å². The summed E-state index contributed by atoms with van der Waals surface area (Å²) in [5.41, 5.74) is 5.21. The van der Waals surface area contributed by atoms with Gasteiger partial charge < -0.3 is 0 Å². The Morgan fingerprint density at radius 2 is 1.52 bits per heavy atom. The van der Waals surface area contributed by atoms with Crippen LogP contribution in [0.3, 0.4) is 0 Å². The molecule has 3 aromatic carbocycles. The van der Waals surface area contributed by atoms with Crippen molar-refractivity contribution in [2.45, 2.75) is 25.2 Å². The summed E-state index contributed by atoms with van der Waals surface area (Å²) in [6, 6.07) is 21.3. The van der Waals surface area contributed by atoms with Crippen LogP contribution in [0.4, 0.5) is 0 Å². The van der Waals surface area contributed by atoms with Crippen LogP contribution < -0.4 is 5.14 Å². The fourth-order valence-corrected chi connectivity index (χ4v) is 4.35. The lowest BCUT2D eigenvalue weighted by Crippen LogP contribution is -2.13. The first-order valence-electron chi connectivity index (χ1n) is 9.27. The molecule has 1 heterocycles. The van der Waals surface area contributed by atoms with Gasteiger partial charge in [0.25, 0.3) is 0 Å². The number of nitrogens with two attached hydrogens (primary N) is 1. The molecule has 0 bridgehead atoms. The van der Waals surface area contributed by atoms with Crippen molar-refractivity contribution in [2.24, 2.45) is 5.14 Å². The van der Waals surface area contributed by atoms with Crippen LogP contribution in [0.1, 0.15) is 22.4 Å². The Morgan fingerprint density at radius 3 is 2.24 bits per heavy atom. The normalized spacial score (nSPS) is 11.7. The van der Waals surface area contributed by atoms with Gasteiger partial charge in [-0.05, 0) is 36.6 Å². The number of primary sulfonamides is 1. The maximum Gasteiger partial charge on any atom is 0.238 e. The Bertz CT molecular complexity index is 1330. The Balaban J connectivity index is 1.88. The standard InChI is InChI=1S/C23H21N3O2S/c1-15-7-3-4-8-17(15)13-21-19-9-5-6-10-20(19)23(26-25-21)18-12-11-16(2)22(14-18)29(24,27)28/h3-12,14H,13H2,1-2H3,(H2,24,27,28). The average molecular weight is 404 g/mol. The molecule has 5 nitrogen and oxygen atoms in total. The summed E-state index contributed by atoms with van der Waals surface area (Å²) in [5, 5.41) is 16.3. The number of fused-ring (bicyclic) bond motifs is 1. The third-order valence-corrected chi connectivity index (χ3v) is 6.20. The molecule has 0 aliphatic rings. The van der Waals surface area contributed by atoms with Crippen LogP contribution in [0.2, 0.25) is 0 Å². The van der Waals surface area contributed by atoms with Gasteiger partial charge in [0.1, 0.15) is 5.69 Å². The number of hydrogen-bond acceptors (Lipinski definition) is 4. The van der Waals surface area contributed by atoms with Gasteiger partial charge in [-0.2, -0.15) is 5.10 Å². The minimum Gasteiger partial charge on any atom is -0.225 e. The molecule has 0 radical (unpaired) electrons. The van der Waals surface area contributed by atoms with Gasteiger partial charge in [0, 0.05) is 22.8 Å². The highest BCUT2D eigenvalue weighted by atomic mass is 32.2. The summed E-state index contributed by atoms with van der Waals surface area (Å²) in [5.74, 6) is 0. The summed E-state index contributed by atoms with van der Waals surface area (Å²) in [6.45, 7) is 3.80. The van der Waals surface area contributed by atoms with Crippen molar-refractivity contribution in [1.29, 1.82) is 0 Å². The summed E-state index contributed by atoms with van der Waals surface area (Å²) in [4.78, 5) is 0.102. The second kappa shape index (κ2) is 7.39. The summed E-state index contributed by atoms with van der Waals surface area (Å²) in [7, 11) is -3.82. The van der Waals surface area contributed by atoms with Crippen LogP contribution in [0.5, 0.6) is 0 Å². The summed E-state index contributed by atoms with van der Waals surface area (Å²) >= 11 is 0. The highest BCUT2D eigenvalue weighted by Gasteiger charge is 2.16. The van der Waals surface area contributed by atoms with Crippen molar-refractivity contribution in [3.63, 3.8) is 0 Å². The molecule has 146 valence electrons. The molecular formula is C23H21N3O2S. The van der Waals surface area contributed by atoms with Gasteiger partial charge in [-0.15, -0.1) is 5.10 Å². The first-order chi connectivity index (χ1) is 13.8. The van der Waals surface area contributed by atoms with E-state index in [0.717, 1.165) is 16.5 Å². The van der Waals surface area contributed by atoms with E-state index in [1.165, 1.54) is 11.1 Å². The zero-order valence-electron chi connectivity index (χ0n) is 16.3. The highest BCUT2D eigenvalue weighted by molar-refractivity contribution is 7.89. The third-order valence-electron chi connectivity index (χ3n) is 5.15. The van der Waals surface area contributed by atoms with E-state index in [-0.39, 0.29) is 4.90 Å². The predicted molar refractivity (Wildman–Crippen MR) is 115 cm³/mol. The molecule has 0 spiro atoms. The molecule has 6 heteroatoms. The summed E-state index contributed by atoms with van der Waals surface area (Å²) in [6.07, 6.45) is 0.677. The van der Waals surface area contributed by atoms with Crippen molar-refractivity contribution in [2.75, 3.05) is 0 Å². The Kier molecular flexibility index (Phi) is 4.90. The van der Waals surface area contributed by atoms with E-state index in [4.69, 9.17) is 5.14 Å². The van der Waals surface area contributed by atoms with Crippen LogP contribution >= 0.6 is 0 Å². The van der Waals surface area contributed by atoms with Crippen LogP contribution in [0.15, 0.2) is 71.6 Å². The van der Waals surface area contributed by atoms with E-state index in [9.17, 15) is 8.42 Å². The van der Waals surface area contributed by atoms with E-state index in [1.54, 1.807) is 19.1 Å². The topological polar surface area (TPSA) is 85.9 Å². The first kappa shape index (κ1) is 19.2. The molecule has 4 rings (SSSR count). The lowest BCUT2D eigenvalue weighted by atomic mass is 9.98. The number of sulfonamides is 1. The Hall–Kier alpha value is -3.09. The van der Waals surface area contributed by atoms with E-state index in [0.29, 0.717) is 23.2 Å². The molecule has 4 aromatic rings. The fourth-order valence-electron chi connectivity index (χ4n) is 3.55. The monoisotopic (exact) mass is 403 g/mol. The number of aryl methyl sites for hydroxylation is 2. The molecule has 2 N–H and O–H groups in total. The van der Waals surface area contributed by atoms with E-state index in [2.05, 4.69) is 29.3 Å². The van der Waals surface area contributed by atoms with Gasteiger partial charge in [0.2, 0.25) is 10.0 Å². The van der Waals surface area contributed by atoms with Crippen LogP contribution in [-0.4, -0.2) is 18.6 Å². The molecule has 0 saturated carbocycles. The third kappa shape index (κ3) is 3.77. The van der Waals surface area contributed by atoms with Crippen LogP contribution in [0.25, 0.3) is 22.0 Å². The highest BCUT2D eigenvalue weighted by Crippen LogP contribution is 2.30. The molecule has 0 unspecified atom stereocenters. The lowest BCUT2D eigenvalue weighted by Gasteiger charge is -2.12. The van der Waals surface area contributed by atoms with Gasteiger partial charge in [-0.3, -0.25) is 0 Å². The molecule has 0 aliphatic carbocycles. The second-order valence-corrected chi connectivity index (χ2v) is 8.70. The zero-order chi connectivity index (χ0) is 20.6. The number of hydrogen-bond donors (Lipinski definition) is 1. The predicted octanol–water partition coefficient (Wildman–Crippen LogP) is 4.15. The number of rotatable bonds is 4. The molecular weight excluding hydrogens is 382 g/mol. The Labute approximate surface area is 170 Å². The minimum atomic E-state index is -3.82. The van der Waals surface area contributed by atoms with E-state index in [1.807, 2.05) is 42.5 Å². The SMILES string of the molecule is Cc1ccccc1Cc1nnc(-c2ccc(C)c(S(N)(=O)=O)c2)c2ccccc12. The number of aromatic nitrogens is 2. The Morgan fingerprint density at radius 1 is 0.828 bits per heavy atom. The van der Waals surface area contributed by atoms with Crippen LogP contribution in [-0.2, 0) is 16.4 Å². The van der Waals surface area contributed by atoms with Gasteiger partial charge >= 0.3 is 0 Å². The number of nitrogens with zero attached hydrogens (tertiary/aromatic N) is 2. The quantitative estimate of drug-likeness (QED) is 0.555. The van der Waals surface area contributed by atoms with E-state index >= 15 is 0 Å². The van der Waals surface area contributed by atoms with Gasteiger partial charge in [-0.25, -0.2) is 13.6 Å². The maximum atomic E-state index is 11.9. The van der Waals surface area contributed by atoms with Gasteiger partial charge in [-0.1, -0.05) is 60.7 Å². The van der Waals surface area contributed by atoms with Crippen molar-refractivity contribution in [3.8, 4) is 11.3 Å². The van der Waals surface area contributed by atoms with Gasteiger partial charge in [0.15, 0.2) is 0 Å². The fraction of sp³-hybridized carbons (Fsp3) is 0.130. The van der Waals surface area contributed by atoms with Gasteiger partial charge in [0.05, 0.1) is 10.6 Å². The van der Waals surface area contributed by atoms with Crippen molar-refractivity contribution >= 4 is 20.8 Å². The maximum absolute atomic E-state index is 11.9. The zero-order valence-corrected chi connectivity index (χ0v) is 17.1. The molecule has 0 fully saturated rings. The molecule has 1 aromatic heterocycles. The van der Waals surface area contributed by atoms with Crippen molar-refractivity contribution in [1.82, 2.24) is 10.2 Å². The molecule has 0 aliphatic heterocycles. The average Bonchev–Trinajstić information content (AvgIpc) is 2.69. The smallest absolute Gasteiger partial charge is 0.225 e. The molecule has 29 heavy (non-hydrogen) atoms. The lowest BCUT2D eigenvalue weighted by molar-refractivity contribution is 0.597. The minimum absolute atomic E-state index is 0.102. The molecule has 0 amide bonds. The largest absolute Gasteiger partial charge is 0.238 e. The molecule has 0 atom stereocenters. The van der Waals surface area contributed by atoms with Crippen molar-refractivity contribution in [3.05, 3.63) is 89.1 Å². The van der Waals surface area contributed by atoms with E-state index < -0.39 is 10.0 Å². The number of benzene rings is 3.